The van der Waals surface area contributed by atoms with E-state index in [0.29, 0.717) is 28.3 Å². The molecule has 0 spiro atoms. The average molecular weight is 411 g/mol. The van der Waals surface area contributed by atoms with Gasteiger partial charge in [-0.2, -0.15) is 0 Å². The molecule has 3 saturated carbocycles. The molecule has 0 bridgehead atoms. The molecule has 3 aliphatic carbocycles. The summed E-state index contributed by atoms with van der Waals surface area (Å²) in [5, 5.41) is 3.78. The van der Waals surface area contributed by atoms with E-state index in [1.54, 1.807) is 24.3 Å². The Morgan fingerprint density at radius 1 is 1.22 bits per heavy atom. The molecule has 3 aliphatic rings. The Labute approximate surface area is 166 Å². The van der Waals surface area contributed by atoms with Gasteiger partial charge in [-0.1, -0.05) is 18.5 Å². The smallest absolute Gasteiger partial charge is 0.251 e. The zero-order chi connectivity index (χ0) is 19.4. The Hall–Kier alpha value is -1.11. The highest BCUT2D eigenvalue weighted by Crippen LogP contribution is 2.59. The van der Waals surface area contributed by atoms with Crippen LogP contribution in [-0.2, 0) is 10.0 Å². The van der Waals surface area contributed by atoms with Gasteiger partial charge in [-0.25, -0.2) is 13.1 Å². The molecule has 2 N–H and O–H groups in total. The van der Waals surface area contributed by atoms with Gasteiger partial charge in [0, 0.05) is 22.7 Å². The van der Waals surface area contributed by atoms with E-state index >= 15 is 0 Å². The summed E-state index contributed by atoms with van der Waals surface area (Å²) in [6.07, 6.45) is 4.18. The summed E-state index contributed by atoms with van der Waals surface area (Å²) in [6.45, 7) is 3.92. The van der Waals surface area contributed by atoms with Crippen molar-refractivity contribution >= 4 is 27.5 Å². The number of halogens is 1. The molecule has 5 atom stereocenters. The molecule has 0 saturated heterocycles. The maximum Gasteiger partial charge on any atom is 0.251 e. The summed E-state index contributed by atoms with van der Waals surface area (Å²) in [4.78, 5) is 12.5. The summed E-state index contributed by atoms with van der Waals surface area (Å²) < 4.78 is 27.2. The van der Waals surface area contributed by atoms with Crippen molar-refractivity contribution in [2.24, 2.45) is 17.8 Å². The van der Waals surface area contributed by atoms with Gasteiger partial charge < -0.3 is 5.32 Å². The van der Waals surface area contributed by atoms with Gasteiger partial charge in [-0.3, -0.25) is 4.79 Å². The van der Waals surface area contributed by atoms with Crippen molar-refractivity contribution in [1.29, 1.82) is 0 Å². The number of carbonyl (C=O) groups is 1. The Morgan fingerprint density at radius 3 is 2.33 bits per heavy atom. The number of hydrogen-bond acceptors (Lipinski definition) is 3. The van der Waals surface area contributed by atoms with Gasteiger partial charge in [0.05, 0.1) is 4.75 Å². The molecular weight excluding hydrogens is 384 g/mol. The summed E-state index contributed by atoms with van der Waals surface area (Å²) in [6, 6.07) is 7.12. The minimum Gasteiger partial charge on any atom is -0.349 e. The van der Waals surface area contributed by atoms with Crippen LogP contribution in [0.5, 0.6) is 0 Å². The van der Waals surface area contributed by atoms with Gasteiger partial charge in [-0.15, -0.1) is 0 Å². The van der Waals surface area contributed by atoms with Crippen molar-refractivity contribution < 1.29 is 13.2 Å². The molecule has 0 aromatic heterocycles. The zero-order valence-electron chi connectivity index (χ0n) is 15.7. The monoisotopic (exact) mass is 410 g/mol. The highest BCUT2D eigenvalue weighted by atomic mass is 35.5. The van der Waals surface area contributed by atoms with Crippen LogP contribution in [0.3, 0.4) is 0 Å². The Kier molecular flexibility index (Phi) is 4.80. The molecule has 1 aromatic carbocycles. The van der Waals surface area contributed by atoms with Crippen molar-refractivity contribution in [2.75, 3.05) is 0 Å². The molecule has 4 rings (SSSR count). The normalized spacial score (nSPS) is 31.8. The van der Waals surface area contributed by atoms with Gasteiger partial charge in [0.25, 0.3) is 5.91 Å². The van der Waals surface area contributed by atoms with Gasteiger partial charge in [-0.05, 0) is 81.0 Å². The first-order valence-electron chi connectivity index (χ1n) is 9.82. The van der Waals surface area contributed by atoms with E-state index < -0.39 is 14.8 Å². The second-order valence-corrected chi connectivity index (χ2v) is 11.3. The Bertz CT molecular complexity index is 823. The van der Waals surface area contributed by atoms with E-state index in [2.05, 4.69) is 17.0 Å². The fourth-order valence-electron chi connectivity index (χ4n) is 4.71. The fourth-order valence-corrected chi connectivity index (χ4v) is 6.40. The third-order valence-electron chi connectivity index (χ3n) is 6.76. The van der Waals surface area contributed by atoms with Crippen LogP contribution in [0.4, 0.5) is 0 Å². The molecule has 0 radical (unpaired) electrons. The fraction of sp³-hybridized carbons (Fsp3) is 0.650. The van der Waals surface area contributed by atoms with Crippen molar-refractivity contribution in [3.05, 3.63) is 34.9 Å². The maximum atomic E-state index is 12.5. The van der Waals surface area contributed by atoms with Crippen LogP contribution in [0.15, 0.2) is 24.3 Å². The predicted molar refractivity (Wildman–Crippen MR) is 106 cm³/mol. The van der Waals surface area contributed by atoms with Crippen LogP contribution in [0.1, 0.15) is 56.3 Å². The number of amides is 1. The van der Waals surface area contributed by atoms with Crippen molar-refractivity contribution in [2.45, 2.75) is 62.8 Å². The van der Waals surface area contributed by atoms with E-state index in [1.165, 1.54) is 0 Å². The summed E-state index contributed by atoms with van der Waals surface area (Å²) >= 11 is 5.89. The summed E-state index contributed by atoms with van der Waals surface area (Å²) in [7, 11) is -3.21. The third kappa shape index (κ3) is 3.64. The zero-order valence-corrected chi connectivity index (χ0v) is 17.3. The molecule has 7 heteroatoms. The first-order chi connectivity index (χ1) is 12.7. The van der Waals surface area contributed by atoms with Gasteiger partial charge >= 0.3 is 0 Å². The van der Waals surface area contributed by atoms with Crippen molar-refractivity contribution in [3.63, 3.8) is 0 Å². The molecule has 148 valence electrons. The third-order valence-corrected chi connectivity index (χ3v) is 9.36. The van der Waals surface area contributed by atoms with Crippen molar-refractivity contribution in [1.82, 2.24) is 10.0 Å². The molecule has 5 nitrogen and oxygen atoms in total. The first kappa shape index (κ1) is 19.2. The molecule has 1 amide bonds. The van der Waals surface area contributed by atoms with Crippen LogP contribution >= 0.6 is 11.6 Å². The van der Waals surface area contributed by atoms with Crippen LogP contribution in [0.2, 0.25) is 5.02 Å². The van der Waals surface area contributed by atoms with E-state index in [0.717, 1.165) is 32.1 Å². The lowest BCUT2D eigenvalue weighted by Crippen LogP contribution is -2.42. The second kappa shape index (κ2) is 6.75. The standard InChI is InChI=1S/C20H27ClN2O3S/c1-3-17(22-19(24)12-4-6-13(21)7-5-12)18-15-10-14(11-16(15)18)23-27(25,26)20(2)8-9-20/h4-7,14-18,23H,3,8-11H2,1-2H3,(H,22,24)/t14-,15-,16+,17?,18+. The van der Waals surface area contributed by atoms with E-state index in [4.69, 9.17) is 11.6 Å². The number of carbonyl (C=O) groups excluding carboxylic acids is 1. The lowest BCUT2D eigenvalue weighted by atomic mass is 9.99. The predicted octanol–water partition coefficient (Wildman–Crippen LogP) is 3.34. The number of benzene rings is 1. The van der Waals surface area contributed by atoms with Gasteiger partial charge in [0.1, 0.15) is 0 Å². The molecule has 1 unspecified atom stereocenters. The molecule has 1 aromatic rings. The average Bonchev–Trinajstić information content (AvgIpc) is 3.49. The van der Waals surface area contributed by atoms with Gasteiger partial charge in [0.2, 0.25) is 10.0 Å². The van der Waals surface area contributed by atoms with Crippen LogP contribution in [0, 0.1) is 17.8 Å². The number of sulfonamides is 1. The second-order valence-electron chi connectivity index (χ2n) is 8.64. The number of rotatable bonds is 7. The van der Waals surface area contributed by atoms with Crippen LogP contribution < -0.4 is 10.0 Å². The highest BCUT2D eigenvalue weighted by molar-refractivity contribution is 7.91. The van der Waals surface area contributed by atoms with Crippen LogP contribution in [-0.4, -0.2) is 31.2 Å². The Morgan fingerprint density at radius 2 is 1.81 bits per heavy atom. The Balaban J connectivity index is 1.32. The molecule has 0 aliphatic heterocycles. The van der Waals surface area contributed by atoms with E-state index in [-0.39, 0.29) is 18.0 Å². The molecule has 0 heterocycles. The van der Waals surface area contributed by atoms with Crippen LogP contribution in [0.25, 0.3) is 0 Å². The lowest BCUT2D eigenvalue weighted by molar-refractivity contribution is 0.0927. The SMILES string of the molecule is CCC(NC(=O)c1ccc(Cl)cc1)[C@H]1[C@@H]2C[C@@H](NS(=O)(=O)C3(C)CC3)C[C@@H]21. The molecule has 27 heavy (non-hydrogen) atoms. The quantitative estimate of drug-likeness (QED) is 0.723. The first-order valence-corrected chi connectivity index (χ1v) is 11.7. The van der Waals surface area contributed by atoms with E-state index in [1.807, 2.05) is 6.92 Å². The largest absolute Gasteiger partial charge is 0.349 e. The summed E-state index contributed by atoms with van der Waals surface area (Å²) in [5.41, 5.74) is 0.618. The summed E-state index contributed by atoms with van der Waals surface area (Å²) in [5.74, 6) is 1.42. The lowest BCUT2D eigenvalue weighted by Gasteiger charge is -2.23. The number of hydrogen-bond donors (Lipinski definition) is 2. The highest BCUT2D eigenvalue weighted by Gasteiger charge is 2.60. The minimum atomic E-state index is -3.21. The maximum absolute atomic E-state index is 12.5. The van der Waals surface area contributed by atoms with Crippen molar-refractivity contribution in [3.8, 4) is 0 Å². The minimum absolute atomic E-state index is 0.0585. The number of fused-ring (bicyclic) bond motifs is 1. The van der Waals surface area contributed by atoms with E-state index in [9.17, 15) is 13.2 Å². The van der Waals surface area contributed by atoms with Gasteiger partial charge in [0.15, 0.2) is 0 Å². The molecule has 3 fully saturated rings. The number of nitrogens with one attached hydrogen (secondary N) is 2. The topological polar surface area (TPSA) is 75.3 Å². The molecular formula is C20H27ClN2O3S.